The van der Waals surface area contributed by atoms with Crippen LogP contribution in [-0.2, 0) is 9.59 Å². The lowest BCUT2D eigenvalue weighted by atomic mass is 9.79. The molecule has 1 N–H and O–H groups in total. The first-order valence-electron chi connectivity index (χ1n) is 9.40. The minimum Gasteiger partial charge on any atom is -0.487 e. The SMILES string of the molecule is CC(=O)N1CCC2(CC1)C[C@H](NC(=O)C1CCC1)c1ccccc1O2. The largest absolute Gasteiger partial charge is 0.487 e. The molecule has 4 rings (SSSR count). The smallest absolute Gasteiger partial charge is 0.223 e. The number of fused-ring (bicyclic) bond motifs is 1. The number of carbonyl (C=O) groups is 2. The van der Waals surface area contributed by atoms with Crippen molar-refractivity contribution in [1.29, 1.82) is 0 Å². The van der Waals surface area contributed by atoms with Crippen molar-refractivity contribution in [3.8, 4) is 5.75 Å². The number of hydrogen-bond donors (Lipinski definition) is 1. The number of amides is 2. The maximum atomic E-state index is 12.5. The summed E-state index contributed by atoms with van der Waals surface area (Å²) in [6.45, 7) is 3.07. The van der Waals surface area contributed by atoms with Crippen LogP contribution in [-0.4, -0.2) is 35.4 Å². The van der Waals surface area contributed by atoms with Crippen LogP contribution >= 0.6 is 0 Å². The van der Waals surface area contributed by atoms with Crippen LogP contribution in [0.3, 0.4) is 0 Å². The van der Waals surface area contributed by atoms with E-state index in [4.69, 9.17) is 4.74 Å². The average molecular weight is 342 g/mol. The molecule has 134 valence electrons. The van der Waals surface area contributed by atoms with Crippen molar-refractivity contribution in [2.45, 2.75) is 57.1 Å². The van der Waals surface area contributed by atoms with Crippen LogP contribution in [0.25, 0.3) is 0 Å². The van der Waals surface area contributed by atoms with E-state index in [-0.39, 0.29) is 29.4 Å². The molecular weight excluding hydrogens is 316 g/mol. The van der Waals surface area contributed by atoms with Crippen LogP contribution in [0.4, 0.5) is 0 Å². The fourth-order valence-corrected chi connectivity index (χ4v) is 4.24. The maximum Gasteiger partial charge on any atom is 0.223 e. The van der Waals surface area contributed by atoms with Gasteiger partial charge in [0.1, 0.15) is 11.4 Å². The first-order chi connectivity index (χ1) is 12.1. The Bertz CT molecular complexity index is 675. The highest BCUT2D eigenvalue weighted by molar-refractivity contribution is 5.80. The fraction of sp³-hybridized carbons (Fsp3) is 0.600. The number of hydrogen-bond acceptors (Lipinski definition) is 3. The molecule has 1 aromatic rings. The van der Waals surface area contributed by atoms with Crippen molar-refractivity contribution in [1.82, 2.24) is 10.2 Å². The summed E-state index contributed by atoms with van der Waals surface area (Å²) in [7, 11) is 0. The molecule has 1 saturated heterocycles. The number of piperidine rings is 1. The Hall–Kier alpha value is -2.04. The van der Waals surface area contributed by atoms with Gasteiger partial charge in [-0.3, -0.25) is 9.59 Å². The van der Waals surface area contributed by atoms with E-state index in [9.17, 15) is 9.59 Å². The van der Waals surface area contributed by atoms with Gasteiger partial charge < -0.3 is 15.0 Å². The molecule has 1 atom stereocenters. The van der Waals surface area contributed by atoms with Gasteiger partial charge in [-0.25, -0.2) is 0 Å². The summed E-state index contributed by atoms with van der Waals surface area (Å²) < 4.78 is 6.41. The van der Waals surface area contributed by atoms with Crippen LogP contribution in [0, 0.1) is 5.92 Å². The topological polar surface area (TPSA) is 58.6 Å². The zero-order valence-electron chi connectivity index (χ0n) is 14.8. The second kappa shape index (κ2) is 6.36. The number of para-hydroxylation sites is 1. The molecule has 1 aliphatic carbocycles. The molecule has 2 amide bonds. The Labute approximate surface area is 148 Å². The van der Waals surface area contributed by atoms with E-state index in [2.05, 4.69) is 11.4 Å². The highest BCUT2D eigenvalue weighted by Gasteiger charge is 2.44. The minimum atomic E-state index is -0.280. The summed E-state index contributed by atoms with van der Waals surface area (Å²) >= 11 is 0. The van der Waals surface area contributed by atoms with E-state index in [1.165, 1.54) is 0 Å². The lowest BCUT2D eigenvalue weighted by Gasteiger charge is -2.47. The number of benzene rings is 1. The van der Waals surface area contributed by atoms with Gasteiger partial charge in [-0.05, 0) is 18.9 Å². The summed E-state index contributed by atoms with van der Waals surface area (Å²) in [6, 6.07) is 8.03. The second-order valence-electron chi connectivity index (χ2n) is 7.72. The Morgan fingerprint density at radius 2 is 1.92 bits per heavy atom. The number of likely N-dealkylation sites (tertiary alicyclic amines) is 1. The summed E-state index contributed by atoms with van der Waals surface area (Å²) in [4.78, 5) is 26.0. The van der Waals surface area contributed by atoms with E-state index in [1.54, 1.807) is 6.92 Å². The predicted octanol–water partition coefficient (Wildman–Crippen LogP) is 2.81. The Morgan fingerprint density at radius 3 is 2.56 bits per heavy atom. The molecule has 5 nitrogen and oxygen atoms in total. The third-order valence-electron chi connectivity index (χ3n) is 6.11. The minimum absolute atomic E-state index is 0.00179. The van der Waals surface area contributed by atoms with E-state index in [1.807, 2.05) is 23.1 Å². The van der Waals surface area contributed by atoms with Crippen molar-refractivity contribution in [2.24, 2.45) is 5.92 Å². The van der Waals surface area contributed by atoms with E-state index in [0.29, 0.717) is 0 Å². The fourth-order valence-electron chi connectivity index (χ4n) is 4.24. The maximum absolute atomic E-state index is 12.5. The van der Waals surface area contributed by atoms with Crippen molar-refractivity contribution in [3.63, 3.8) is 0 Å². The number of nitrogens with zero attached hydrogens (tertiary/aromatic N) is 1. The van der Waals surface area contributed by atoms with Gasteiger partial charge in [0.2, 0.25) is 11.8 Å². The molecule has 2 fully saturated rings. The van der Waals surface area contributed by atoms with Crippen LogP contribution in [0.15, 0.2) is 24.3 Å². The molecule has 0 radical (unpaired) electrons. The first kappa shape index (κ1) is 16.4. The molecule has 25 heavy (non-hydrogen) atoms. The quantitative estimate of drug-likeness (QED) is 0.899. The highest BCUT2D eigenvalue weighted by atomic mass is 16.5. The molecular formula is C20H26N2O3. The number of ether oxygens (including phenoxy) is 1. The van der Waals surface area contributed by atoms with E-state index < -0.39 is 0 Å². The summed E-state index contributed by atoms with van der Waals surface area (Å²) in [5.41, 5.74) is 0.799. The van der Waals surface area contributed by atoms with Crippen LogP contribution in [0.5, 0.6) is 5.75 Å². The average Bonchev–Trinajstić information content (AvgIpc) is 2.53. The molecule has 1 aromatic carbocycles. The number of rotatable bonds is 2. The van der Waals surface area contributed by atoms with Gasteiger partial charge in [-0.2, -0.15) is 0 Å². The molecule has 0 aromatic heterocycles. The van der Waals surface area contributed by atoms with Gasteiger partial charge in [0.15, 0.2) is 0 Å². The van der Waals surface area contributed by atoms with Crippen molar-refractivity contribution in [2.75, 3.05) is 13.1 Å². The Kier molecular flexibility index (Phi) is 4.18. The third-order valence-corrected chi connectivity index (χ3v) is 6.11. The molecule has 0 unspecified atom stereocenters. The summed E-state index contributed by atoms with van der Waals surface area (Å²) in [5, 5.41) is 3.28. The normalized spacial score (nSPS) is 24.8. The molecule has 1 spiro atoms. The standard InChI is InChI=1S/C20H26N2O3/c1-14(23)22-11-9-20(10-12-22)13-17(21-19(24)15-5-4-6-15)16-7-2-3-8-18(16)25-20/h2-3,7-8,15,17H,4-6,9-13H2,1H3,(H,21,24)/t17-/m0/s1. The van der Waals surface area contributed by atoms with Crippen LogP contribution in [0.2, 0.25) is 0 Å². The van der Waals surface area contributed by atoms with Crippen LogP contribution < -0.4 is 10.1 Å². The summed E-state index contributed by atoms with van der Waals surface area (Å²) in [5.74, 6) is 1.37. The zero-order chi connectivity index (χ0) is 17.4. The Balaban J connectivity index is 1.54. The van der Waals surface area contributed by atoms with Gasteiger partial charge in [0.25, 0.3) is 0 Å². The lowest BCUT2D eigenvalue weighted by molar-refractivity contribution is -0.133. The van der Waals surface area contributed by atoms with E-state index in [0.717, 1.165) is 62.9 Å². The molecule has 2 aliphatic heterocycles. The Morgan fingerprint density at radius 1 is 1.20 bits per heavy atom. The zero-order valence-corrected chi connectivity index (χ0v) is 14.8. The second-order valence-corrected chi connectivity index (χ2v) is 7.72. The first-order valence-corrected chi connectivity index (χ1v) is 9.40. The molecule has 0 bridgehead atoms. The van der Waals surface area contributed by atoms with Gasteiger partial charge >= 0.3 is 0 Å². The summed E-state index contributed by atoms with van der Waals surface area (Å²) in [6.07, 6.45) is 5.60. The molecule has 1 saturated carbocycles. The van der Waals surface area contributed by atoms with Crippen molar-refractivity contribution >= 4 is 11.8 Å². The number of nitrogens with one attached hydrogen (secondary N) is 1. The van der Waals surface area contributed by atoms with Gasteiger partial charge in [0.05, 0.1) is 6.04 Å². The third kappa shape index (κ3) is 3.12. The van der Waals surface area contributed by atoms with Crippen molar-refractivity contribution < 1.29 is 14.3 Å². The van der Waals surface area contributed by atoms with Gasteiger partial charge in [0, 0.05) is 50.8 Å². The predicted molar refractivity (Wildman–Crippen MR) is 94.1 cm³/mol. The van der Waals surface area contributed by atoms with Crippen molar-refractivity contribution in [3.05, 3.63) is 29.8 Å². The van der Waals surface area contributed by atoms with Crippen LogP contribution in [0.1, 0.15) is 57.1 Å². The monoisotopic (exact) mass is 342 g/mol. The lowest BCUT2D eigenvalue weighted by Crippen LogP contribution is -2.53. The van der Waals surface area contributed by atoms with Gasteiger partial charge in [-0.15, -0.1) is 0 Å². The van der Waals surface area contributed by atoms with Gasteiger partial charge in [-0.1, -0.05) is 24.6 Å². The molecule has 5 heteroatoms. The number of carbonyl (C=O) groups excluding carboxylic acids is 2. The van der Waals surface area contributed by atoms with E-state index >= 15 is 0 Å². The molecule has 2 heterocycles. The highest BCUT2D eigenvalue weighted by Crippen LogP contribution is 2.44. The molecule has 3 aliphatic rings.